The minimum atomic E-state index is -0.893. The van der Waals surface area contributed by atoms with E-state index in [9.17, 15) is 14.4 Å². The van der Waals surface area contributed by atoms with Crippen molar-refractivity contribution in [3.63, 3.8) is 0 Å². The van der Waals surface area contributed by atoms with E-state index in [0.29, 0.717) is 25.1 Å². The number of amides is 2. The highest BCUT2D eigenvalue weighted by molar-refractivity contribution is 5.97. The second-order valence-corrected chi connectivity index (χ2v) is 6.70. The molecule has 2 heterocycles. The molecule has 0 bridgehead atoms. The number of carboxylic acid groups (broad SMARTS) is 1. The molecule has 1 aliphatic rings. The van der Waals surface area contributed by atoms with E-state index in [1.807, 2.05) is 13.8 Å². The zero-order chi connectivity index (χ0) is 19.3. The topological polar surface area (TPSA) is 100 Å². The van der Waals surface area contributed by atoms with Crippen LogP contribution >= 0.6 is 0 Å². The molecule has 0 aliphatic carbocycles. The SMILES string of the molecule is CC(C)Oc1cccnc1C(=O)N(C)CC(=O)N1CCCC(C(=O)O)C1. The van der Waals surface area contributed by atoms with Crippen molar-refractivity contribution >= 4 is 17.8 Å². The number of carbonyl (C=O) groups is 3. The Morgan fingerprint density at radius 1 is 1.42 bits per heavy atom. The van der Waals surface area contributed by atoms with Crippen molar-refractivity contribution in [1.82, 2.24) is 14.8 Å². The Kier molecular flexibility index (Phi) is 6.54. The number of rotatable bonds is 6. The van der Waals surface area contributed by atoms with Crippen molar-refractivity contribution < 1.29 is 24.2 Å². The molecule has 1 aliphatic heterocycles. The number of aromatic nitrogens is 1. The summed E-state index contributed by atoms with van der Waals surface area (Å²) >= 11 is 0. The van der Waals surface area contributed by atoms with Gasteiger partial charge in [-0.1, -0.05) is 0 Å². The van der Waals surface area contributed by atoms with Crippen LogP contribution in [0.25, 0.3) is 0 Å². The van der Waals surface area contributed by atoms with Gasteiger partial charge in [0.15, 0.2) is 11.4 Å². The van der Waals surface area contributed by atoms with Gasteiger partial charge in [-0.05, 0) is 38.8 Å². The molecule has 0 aromatic carbocycles. The predicted molar refractivity (Wildman–Crippen MR) is 93.9 cm³/mol. The lowest BCUT2D eigenvalue weighted by atomic mass is 9.98. The monoisotopic (exact) mass is 363 g/mol. The fourth-order valence-electron chi connectivity index (χ4n) is 2.86. The summed E-state index contributed by atoms with van der Waals surface area (Å²) in [6.07, 6.45) is 2.60. The molecule has 8 heteroatoms. The van der Waals surface area contributed by atoms with Gasteiger partial charge in [0.25, 0.3) is 5.91 Å². The lowest BCUT2D eigenvalue weighted by molar-refractivity contribution is -0.145. The van der Waals surface area contributed by atoms with E-state index in [-0.39, 0.29) is 30.8 Å². The molecule has 1 atom stereocenters. The molecule has 1 aromatic heterocycles. The number of carbonyl (C=O) groups excluding carboxylic acids is 2. The van der Waals surface area contributed by atoms with Crippen LogP contribution in [0.4, 0.5) is 0 Å². The average molecular weight is 363 g/mol. The van der Waals surface area contributed by atoms with Crippen LogP contribution in [0, 0.1) is 5.92 Å². The first-order valence-corrected chi connectivity index (χ1v) is 8.67. The number of aliphatic carboxylic acids is 1. The first-order chi connectivity index (χ1) is 12.3. The third-order valence-electron chi connectivity index (χ3n) is 4.18. The van der Waals surface area contributed by atoms with Gasteiger partial charge >= 0.3 is 5.97 Å². The van der Waals surface area contributed by atoms with Crippen molar-refractivity contribution in [2.75, 3.05) is 26.7 Å². The maximum Gasteiger partial charge on any atom is 0.308 e. The minimum Gasteiger partial charge on any atom is -0.489 e. The summed E-state index contributed by atoms with van der Waals surface area (Å²) in [6, 6.07) is 3.34. The number of ether oxygens (including phenoxy) is 1. The highest BCUT2D eigenvalue weighted by Gasteiger charge is 2.29. The molecule has 142 valence electrons. The van der Waals surface area contributed by atoms with Gasteiger partial charge in [0.05, 0.1) is 18.6 Å². The second kappa shape index (κ2) is 8.64. The Balaban J connectivity index is 2.03. The Hall–Kier alpha value is -2.64. The molecule has 1 unspecified atom stereocenters. The highest BCUT2D eigenvalue weighted by atomic mass is 16.5. The van der Waals surface area contributed by atoms with Crippen LogP contribution in [0.3, 0.4) is 0 Å². The average Bonchev–Trinajstić information content (AvgIpc) is 2.61. The summed E-state index contributed by atoms with van der Waals surface area (Å²) < 4.78 is 5.61. The van der Waals surface area contributed by atoms with Gasteiger partial charge in [-0.2, -0.15) is 0 Å². The molecule has 8 nitrogen and oxygen atoms in total. The number of hydrogen-bond acceptors (Lipinski definition) is 5. The van der Waals surface area contributed by atoms with Gasteiger partial charge in [0.2, 0.25) is 5.91 Å². The predicted octanol–water partition coefficient (Wildman–Crippen LogP) is 1.26. The minimum absolute atomic E-state index is 0.112. The van der Waals surface area contributed by atoms with Crippen LogP contribution in [-0.4, -0.2) is 70.5 Å². The van der Waals surface area contributed by atoms with E-state index in [1.165, 1.54) is 23.0 Å². The molecule has 0 spiro atoms. The number of nitrogens with zero attached hydrogens (tertiary/aromatic N) is 3. The van der Waals surface area contributed by atoms with Crippen molar-refractivity contribution in [1.29, 1.82) is 0 Å². The molecule has 2 rings (SSSR count). The summed E-state index contributed by atoms with van der Waals surface area (Å²) in [5.74, 6) is -1.75. The van der Waals surface area contributed by atoms with E-state index in [2.05, 4.69) is 4.98 Å². The molecule has 1 N–H and O–H groups in total. The molecular weight excluding hydrogens is 338 g/mol. The summed E-state index contributed by atoms with van der Waals surface area (Å²) in [4.78, 5) is 43.1. The molecule has 1 aromatic rings. The molecule has 0 saturated carbocycles. The number of carboxylic acids is 1. The van der Waals surface area contributed by atoms with Crippen LogP contribution in [0.5, 0.6) is 5.75 Å². The van der Waals surface area contributed by atoms with Crippen LogP contribution < -0.4 is 4.74 Å². The number of hydrogen-bond donors (Lipinski definition) is 1. The largest absolute Gasteiger partial charge is 0.489 e. The number of likely N-dealkylation sites (N-methyl/N-ethyl adjacent to an activating group) is 1. The van der Waals surface area contributed by atoms with E-state index in [0.717, 1.165) is 0 Å². The van der Waals surface area contributed by atoms with Gasteiger partial charge < -0.3 is 19.6 Å². The van der Waals surface area contributed by atoms with E-state index < -0.39 is 17.8 Å². The van der Waals surface area contributed by atoms with Crippen molar-refractivity contribution in [2.24, 2.45) is 5.92 Å². The van der Waals surface area contributed by atoms with Gasteiger partial charge in [-0.25, -0.2) is 4.98 Å². The molecule has 1 saturated heterocycles. The van der Waals surface area contributed by atoms with Gasteiger partial charge in [-0.3, -0.25) is 14.4 Å². The van der Waals surface area contributed by atoms with Gasteiger partial charge in [0, 0.05) is 26.3 Å². The van der Waals surface area contributed by atoms with E-state index in [1.54, 1.807) is 12.1 Å². The summed E-state index contributed by atoms with van der Waals surface area (Å²) in [7, 11) is 1.52. The Bertz CT molecular complexity index is 677. The van der Waals surface area contributed by atoms with Crippen molar-refractivity contribution in [3.05, 3.63) is 24.0 Å². The maximum absolute atomic E-state index is 12.7. The van der Waals surface area contributed by atoms with Crippen LogP contribution in [0.15, 0.2) is 18.3 Å². The van der Waals surface area contributed by atoms with E-state index in [4.69, 9.17) is 9.84 Å². The first kappa shape index (κ1) is 19.7. The highest BCUT2D eigenvalue weighted by Crippen LogP contribution is 2.20. The second-order valence-electron chi connectivity index (χ2n) is 6.70. The van der Waals surface area contributed by atoms with Crippen molar-refractivity contribution in [2.45, 2.75) is 32.8 Å². The Morgan fingerprint density at radius 2 is 2.15 bits per heavy atom. The molecule has 0 radical (unpaired) electrons. The first-order valence-electron chi connectivity index (χ1n) is 8.67. The van der Waals surface area contributed by atoms with Crippen LogP contribution in [-0.2, 0) is 9.59 Å². The summed E-state index contributed by atoms with van der Waals surface area (Å²) in [5.41, 5.74) is 0.151. The van der Waals surface area contributed by atoms with Crippen LogP contribution in [0.2, 0.25) is 0 Å². The smallest absolute Gasteiger partial charge is 0.308 e. The van der Waals surface area contributed by atoms with Gasteiger partial charge in [0.1, 0.15) is 0 Å². The van der Waals surface area contributed by atoms with Crippen molar-refractivity contribution in [3.8, 4) is 5.75 Å². The third-order valence-corrected chi connectivity index (χ3v) is 4.18. The lowest BCUT2D eigenvalue weighted by Gasteiger charge is -2.32. The third kappa shape index (κ3) is 4.93. The number of piperidine rings is 1. The summed E-state index contributed by atoms with van der Waals surface area (Å²) in [6.45, 7) is 4.26. The maximum atomic E-state index is 12.7. The van der Waals surface area contributed by atoms with Gasteiger partial charge in [-0.15, -0.1) is 0 Å². The number of pyridine rings is 1. The molecule has 2 amide bonds. The Labute approximate surface area is 152 Å². The molecular formula is C18H25N3O5. The van der Waals surface area contributed by atoms with Crippen LogP contribution in [0.1, 0.15) is 37.2 Å². The molecule has 26 heavy (non-hydrogen) atoms. The standard InChI is InChI=1S/C18H25N3O5/c1-12(2)26-14-7-4-8-19-16(14)17(23)20(3)11-15(22)21-9-5-6-13(10-21)18(24)25/h4,7-8,12-13H,5-6,9-11H2,1-3H3,(H,24,25). The molecule has 1 fully saturated rings. The lowest BCUT2D eigenvalue weighted by Crippen LogP contribution is -2.47. The Morgan fingerprint density at radius 3 is 2.81 bits per heavy atom. The number of likely N-dealkylation sites (tertiary alicyclic amines) is 1. The zero-order valence-electron chi connectivity index (χ0n) is 15.3. The zero-order valence-corrected chi connectivity index (χ0v) is 15.3. The fraction of sp³-hybridized carbons (Fsp3) is 0.556. The summed E-state index contributed by atoms with van der Waals surface area (Å²) in [5, 5.41) is 9.13. The van der Waals surface area contributed by atoms with E-state index >= 15 is 0 Å². The fourth-order valence-corrected chi connectivity index (χ4v) is 2.86. The normalized spacial score (nSPS) is 17.1. The quantitative estimate of drug-likeness (QED) is 0.817.